The van der Waals surface area contributed by atoms with Crippen LogP contribution in [0.1, 0.15) is 18.1 Å². The molecule has 0 aliphatic rings. The van der Waals surface area contributed by atoms with E-state index in [9.17, 15) is 0 Å². The molecule has 0 aliphatic carbocycles. The number of nitrogens with one attached hydrogen (secondary N) is 1. The molecule has 2 aromatic rings. The molecule has 0 fully saturated rings. The van der Waals surface area contributed by atoms with Gasteiger partial charge < -0.3 is 10.1 Å². The summed E-state index contributed by atoms with van der Waals surface area (Å²) < 4.78 is 5.16. The fourth-order valence-corrected chi connectivity index (χ4v) is 2.72. The van der Waals surface area contributed by atoms with Gasteiger partial charge in [-0.05, 0) is 41.9 Å². The van der Waals surface area contributed by atoms with Crippen molar-refractivity contribution in [2.24, 2.45) is 0 Å². The third kappa shape index (κ3) is 4.58. The summed E-state index contributed by atoms with van der Waals surface area (Å²) in [6.07, 6.45) is 0. The minimum absolute atomic E-state index is 0.909. The van der Waals surface area contributed by atoms with Gasteiger partial charge in [-0.3, -0.25) is 0 Å². The Hall–Kier alpha value is -1.45. The van der Waals surface area contributed by atoms with Crippen LogP contribution in [0.2, 0.25) is 0 Å². The van der Waals surface area contributed by atoms with Crippen molar-refractivity contribution in [1.82, 2.24) is 5.32 Å². The Bertz CT molecular complexity index is 508. The molecular formula is C17H21NOS. The molecule has 20 heavy (non-hydrogen) atoms. The molecule has 2 rings (SSSR count). The first-order valence-corrected chi connectivity index (χ1v) is 7.85. The van der Waals surface area contributed by atoms with E-state index in [4.69, 9.17) is 4.74 Å². The number of ether oxygens (including phenoxy) is 1. The molecule has 0 aromatic heterocycles. The van der Waals surface area contributed by atoms with Gasteiger partial charge in [-0.15, -0.1) is 11.8 Å². The van der Waals surface area contributed by atoms with Gasteiger partial charge >= 0.3 is 0 Å². The zero-order chi connectivity index (χ0) is 14.2. The molecule has 0 amide bonds. The minimum Gasteiger partial charge on any atom is -0.497 e. The highest BCUT2D eigenvalue weighted by Crippen LogP contribution is 2.24. The topological polar surface area (TPSA) is 21.3 Å². The summed E-state index contributed by atoms with van der Waals surface area (Å²) in [6, 6.07) is 17.0. The van der Waals surface area contributed by atoms with Gasteiger partial charge in [-0.1, -0.05) is 31.2 Å². The predicted molar refractivity (Wildman–Crippen MR) is 86.4 cm³/mol. The van der Waals surface area contributed by atoms with Crippen molar-refractivity contribution in [3.8, 4) is 5.75 Å². The van der Waals surface area contributed by atoms with Crippen LogP contribution < -0.4 is 10.1 Å². The van der Waals surface area contributed by atoms with Gasteiger partial charge in [0.05, 0.1) is 7.11 Å². The molecule has 2 aromatic carbocycles. The second-order valence-electron chi connectivity index (χ2n) is 4.56. The summed E-state index contributed by atoms with van der Waals surface area (Å²) in [5, 5.41) is 3.33. The van der Waals surface area contributed by atoms with E-state index in [1.807, 2.05) is 23.9 Å². The molecule has 0 radical (unpaired) electrons. The highest BCUT2D eigenvalue weighted by Gasteiger charge is 1.98. The zero-order valence-corrected chi connectivity index (χ0v) is 12.9. The average molecular weight is 287 g/mol. The lowest BCUT2D eigenvalue weighted by Gasteiger charge is -2.06. The van der Waals surface area contributed by atoms with E-state index >= 15 is 0 Å². The summed E-state index contributed by atoms with van der Waals surface area (Å²) in [5.41, 5.74) is 2.65. The van der Waals surface area contributed by atoms with E-state index in [2.05, 4.69) is 48.6 Å². The first kappa shape index (κ1) is 14.9. The van der Waals surface area contributed by atoms with Crippen LogP contribution in [-0.2, 0) is 12.3 Å². The van der Waals surface area contributed by atoms with Crippen LogP contribution >= 0.6 is 11.8 Å². The van der Waals surface area contributed by atoms with Crippen molar-refractivity contribution in [2.75, 3.05) is 13.7 Å². The van der Waals surface area contributed by atoms with Crippen LogP contribution in [0.15, 0.2) is 53.4 Å². The Balaban J connectivity index is 1.86. The van der Waals surface area contributed by atoms with Gasteiger partial charge in [-0.25, -0.2) is 0 Å². The third-order valence-electron chi connectivity index (χ3n) is 3.07. The lowest BCUT2D eigenvalue weighted by molar-refractivity contribution is 0.414. The van der Waals surface area contributed by atoms with Crippen molar-refractivity contribution >= 4 is 11.8 Å². The van der Waals surface area contributed by atoms with Crippen LogP contribution in [0.4, 0.5) is 0 Å². The Kier molecular flexibility index (Phi) is 5.96. The molecular weight excluding hydrogens is 266 g/mol. The van der Waals surface area contributed by atoms with E-state index in [1.165, 1.54) is 16.0 Å². The van der Waals surface area contributed by atoms with Crippen molar-refractivity contribution < 1.29 is 4.74 Å². The smallest absolute Gasteiger partial charge is 0.118 e. The average Bonchev–Trinajstić information content (AvgIpc) is 2.52. The summed E-state index contributed by atoms with van der Waals surface area (Å²) in [7, 11) is 1.69. The van der Waals surface area contributed by atoms with E-state index in [-0.39, 0.29) is 0 Å². The third-order valence-corrected chi connectivity index (χ3v) is 4.15. The van der Waals surface area contributed by atoms with Crippen molar-refractivity contribution in [1.29, 1.82) is 0 Å². The Labute approximate surface area is 125 Å². The number of benzene rings is 2. The number of hydrogen-bond acceptors (Lipinski definition) is 3. The van der Waals surface area contributed by atoms with Crippen LogP contribution in [-0.4, -0.2) is 13.7 Å². The highest BCUT2D eigenvalue weighted by atomic mass is 32.2. The molecule has 106 valence electrons. The molecule has 2 nitrogen and oxygen atoms in total. The largest absolute Gasteiger partial charge is 0.497 e. The molecule has 0 bridgehead atoms. The van der Waals surface area contributed by atoms with Crippen LogP contribution in [0, 0.1) is 0 Å². The lowest BCUT2D eigenvalue weighted by atomic mass is 10.2. The SMILES string of the molecule is CCNCc1ccc(SCc2ccc(OC)cc2)cc1. The molecule has 0 saturated heterocycles. The number of methoxy groups -OCH3 is 1. The first-order chi connectivity index (χ1) is 9.81. The monoisotopic (exact) mass is 287 g/mol. The van der Waals surface area contributed by atoms with Crippen molar-refractivity contribution in [3.63, 3.8) is 0 Å². The molecule has 0 unspecified atom stereocenters. The summed E-state index contributed by atoms with van der Waals surface area (Å²) in [5.74, 6) is 1.89. The highest BCUT2D eigenvalue weighted by molar-refractivity contribution is 7.98. The maximum absolute atomic E-state index is 5.16. The fraction of sp³-hybridized carbons (Fsp3) is 0.294. The van der Waals surface area contributed by atoms with Gasteiger partial charge in [0.25, 0.3) is 0 Å². The zero-order valence-electron chi connectivity index (χ0n) is 12.1. The molecule has 1 N–H and O–H groups in total. The number of hydrogen-bond donors (Lipinski definition) is 1. The fourth-order valence-electron chi connectivity index (χ4n) is 1.86. The maximum Gasteiger partial charge on any atom is 0.118 e. The van der Waals surface area contributed by atoms with Crippen LogP contribution in [0.25, 0.3) is 0 Å². The first-order valence-electron chi connectivity index (χ1n) is 6.87. The molecule has 0 atom stereocenters. The van der Waals surface area contributed by atoms with Gasteiger partial charge in [0.2, 0.25) is 0 Å². The molecule has 0 heterocycles. The van der Waals surface area contributed by atoms with E-state index < -0.39 is 0 Å². The summed E-state index contributed by atoms with van der Waals surface area (Å²) in [6.45, 7) is 4.08. The number of rotatable bonds is 7. The van der Waals surface area contributed by atoms with Gasteiger partial charge in [0.15, 0.2) is 0 Å². The lowest BCUT2D eigenvalue weighted by Crippen LogP contribution is -2.11. The van der Waals surface area contributed by atoms with E-state index in [0.29, 0.717) is 0 Å². The van der Waals surface area contributed by atoms with Gasteiger partial charge in [-0.2, -0.15) is 0 Å². The second kappa shape index (κ2) is 7.98. The van der Waals surface area contributed by atoms with Crippen LogP contribution in [0.3, 0.4) is 0 Å². The van der Waals surface area contributed by atoms with Gasteiger partial charge in [0.1, 0.15) is 5.75 Å². The second-order valence-corrected chi connectivity index (χ2v) is 5.61. The Morgan fingerprint density at radius 3 is 2.20 bits per heavy atom. The molecule has 0 aliphatic heterocycles. The minimum atomic E-state index is 0.909. The van der Waals surface area contributed by atoms with E-state index in [0.717, 1.165) is 24.6 Å². The molecule has 3 heteroatoms. The van der Waals surface area contributed by atoms with Gasteiger partial charge in [0, 0.05) is 17.2 Å². The normalized spacial score (nSPS) is 10.5. The number of thioether (sulfide) groups is 1. The maximum atomic E-state index is 5.16. The molecule has 0 saturated carbocycles. The molecule has 0 spiro atoms. The summed E-state index contributed by atoms with van der Waals surface area (Å²) >= 11 is 1.86. The quantitative estimate of drug-likeness (QED) is 0.775. The van der Waals surface area contributed by atoms with Crippen molar-refractivity contribution in [3.05, 3.63) is 59.7 Å². The summed E-state index contributed by atoms with van der Waals surface area (Å²) in [4.78, 5) is 1.31. The Morgan fingerprint density at radius 1 is 0.950 bits per heavy atom. The van der Waals surface area contributed by atoms with Crippen LogP contribution in [0.5, 0.6) is 5.75 Å². The standard InChI is InChI=1S/C17H21NOS/c1-3-18-12-14-6-10-17(11-7-14)20-13-15-4-8-16(19-2)9-5-15/h4-11,18H,3,12-13H2,1-2H3. The Morgan fingerprint density at radius 2 is 1.60 bits per heavy atom. The predicted octanol–water partition coefficient (Wildman–Crippen LogP) is 4.10. The van der Waals surface area contributed by atoms with E-state index in [1.54, 1.807) is 7.11 Å². The van der Waals surface area contributed by atoms with Crippen molar-refractivity contribution in [2.45, 2.75) is 24.1 Å².